The average Bonchev–Trinajstić information content (AvgIpc) is 3.55. The van der Waals surface area contributed by atoms with Crippen molar-refractivity contribution >= 4 is 17.4 Å². The van der Waals surface area contributed by atoms with Crippen LogP contribution in [0.2, 0.25) is 0 Å². The molecule has 4 aromatic rings. The Bertz CT molecular complexity index is 1430. The van der Waals surface area contributed by atoms with Crippen LogP contribution in [0, 0.1) is 6.92 Å². The number of amides is 1. The maximum Gasteiger partial charge on any atom is 0.410 e. The number of aromatic nitrogens is 4. The highest BCUT2D eigenvalue weighted by Gasteiger charge is 2.47. The summed E-state index contributed by atoms with van der Waals surface area (Å²) in [6.45, 7) is 1.66. The summed E-state index contributed by atoms with van der Waals surface area (Å²) in [6, 6.07) is 10.6. The Balaban J connectivity index is 1.47. The van der Waals surface area contributed by atoms with Crippen molar-refractivity contribution in [3.8, 4) is 5.69 Å². The number of hydrogen-bond acceptors (Lipinski definition) is 5. The SMILES string of the molecule is Cc1c(NC(=O)c2cc3n(n2)[C@@H](C(F)(F)F)C[C@H](c2ccco2)N3)c(=O)n(-c2ccccc2)n1C. The van der Waals surface area contributed by atoms with Crippen molar-refractivity contribution in [2.24, 2.45) is 7.05 Å². The average molecular weight is 486 g/mol. The van der Waals surface area contributed by atoms with Crippen molar-refractivity contribution in [2.45, 2.75) is 31.6 Å². The van der Waals surface area contributed by atoms with E-state index in [-0.39, 0.29) is 23.6 Å². The Labute approximate surface area is 196 Å². The van der Waals surface area contributed by atoms with Crippen molar-refractivity contribution in [3.63, 3.8) is 0 Å². The molecule has 35 heavy (non-hydrogen) atoms. The van der Waals surface area contributed by atoms with Gasteiger partial charge in [-0.1, -0.05) is 18.2 Å². The van der Waals surface area contributed by atoms with Gasteiger partial charge in [-0.25, -0.2) is 9.36 Å². The van der Waals surface area contributed by atoms with Crippen molar-refractivity contribution in [1.29, 1.82) is 0 Å². The lowest BCUT2D eigenvalue weighted by Gasteiger charge is -2.32. The lowest BCUT2D eigenvalue weighted by molar-refractivity contribution is -0.174. The Kier molecular flexibility index (Phi) is 5.30. The summed E-state index contributed by atoms with van der Waals surface area (Å²) in [5.41, 5.74) is 0.358. The minimum Gasteiger partial charge on any atom is -0.467 e. The molecule has 1 aromatic carbocycles. The van der Waals surface area contributed by atoms with Gasteiger partial charge in [0.25, 0.3) is 11.5 Å². The minimum absolute atomic E-state index is 0.0149. The lowest BCUT2D eigenvalue weighted by Crippen LogP contribution is -2.35. The van der Waals surface area contributed by atoms with Crippen molar-refractivity contribution < 1.29 is 22.4 Å². The molecule has 5 rings (SSSR count). The van der Waals surface area contributed by atoms with Gasteiger partial charge in [0.05, 0.1) is 23.7 Å². The summed E-state index contributed by atoms with van der Waals surface area (Å²) >= 11 is 0. The van der Waals surface area contributed by atoms with Crippen LogP contribution in [0.15, 0.2) is 64.0 Å². The number of furan rings is 1. The number of carbonyl (C=O) groups is 1. The molecular formula is C23H21F3N6O3. The molecule has 1 amide bonds. The molecule has 0 saturated heterocycles. The summed E-state index contributed by atoms with van der Waals surface area (Å²) in [5, 5.41) is 9.42. The van der Waals surface area contributed by atoms with E-state index in [1.54, 1.807) is 55.1 Å². The van der Waals surface area contributed by atoms with Crippen LogP contribution in [0.1, 0.15) is 40.4 Å². The van der Waals surface area contributed by atoms with E-state index in [0.29, 0.717) is 17.1 Å². The molecular weight excluding hydrogens is 465 g/mol. The van der Waals surface area contributed by atoms with Crippen molar-refractivity contribution in [3.05, 3.63) is 82.3 Å². The first-order chi connectivity index (χ1) is 16.6. The van der Waals surface area contributed by atoms with Crippen LogP contribution in [0.3, 0.4) is 0 Å². The van der Waals surface area contributed by atoms with Gasteiger partial charge in [0.1, 0.15) is 17.3 Å². The van der Waals surface area contributed by atoms with Crippen molar-refractivity contribution in [2.75, 3.05) is 10.6 Å². The Morgan fingerprint density at radius 3 is 2.60 bits per heavy atom. The summed E-state index contributed by atoms with van der Waals surface area (Å²) in [4.78, 5) is 26.0. The zero-order valence-electron chi connectivity index (χ0n) is 18.7. The quantitative estimate of drug-likeness (QED) is 0.451. The Morgan fingerprint density at radius 2 is 1.94 bits per heavy atom. The van der Waals surface area contributed by atoms with Crippen LogP contribution in [0.5, 0.6) is 0 Å². The summed E-state index contributed by atoms with van der Waals surface area (Å²) in [5.74, 6) is -0.425. The smallest absolute Gasteiger partial charge is 0.410 e. The van der Waals surface area contributed by atoms with Crippen molar-refractivity contribution in [1.82, 2.24) is 19.1 Å². The normalized spacial score (nSPS) is 17.6. The number of benzene rings is 1. The highest BCUT2D eigenvalue weighted by atomic mass is 19.4. The van der Waals surface area contributed by atoms with Gasteiger partial charge in [0.2, 0.25) is 0 Å². The molecule has 0 fully saturated rings. The van der Waals surface area contributed by atoms with E-state index in [1.807, 2.05) is 6.07 Å². The molecule has 0 radical (unpaired) electrons. The number of alkyl halides is 3. The van der Waals surface area contributed by atoms with Crippen LogP contribution in [0.4, 0.5) is 24.7 Å². The first-order valence-electron chi connectivity index (χ1n) is 10.8. The van der Waals surface area contributed by atoms with E-state index in [1.165, 1.54) is 17.0 Å². The summed E-state index contributed by atoms with van der Waals surface area (Å²) in [6.07, 6.45) is -3.57. The van der Waals surface area contributed by atoms with E-state index < -0.39 is 29.7 Å². The number of rotatable bonds is 4. The molecule has 0 spiro atoms. The molecule has 0 bridgehead atoms. The van der Waals surface area contributed by atoms with Gasteiger partial charge in [-0.05, 0) is 31.2 Å². The second-order valence-electron chi connectivity index (χ2n) is 8.26. The minimum atomic E-state index is -4.60. The second-order valence-corrected chi connectivity index (χ2v) is 8.26. The maximum absolute atomic E-state index is 13.8. The number of halogens is 3. The highest BCUT2D eigenvalue weighted by molar-refractivity contribution is 6.03. The number of anilines is 2. The van der Waals surface area contributed by atoms with E-state index >= 15 is 0 Å². The largest absolute Gasteiger partial charge is 0.467 e. The first kappa shape index (κ1) is 22.6. The zero-order valence-corrected chi connectivity index (χ0v) is 18.7. The molecule has 2 N–H and O–H groups in total. The number of nitrogens with zero attached hydrogens (tertiary/aromatic N) is 4. The van der Waals surface area contributed by atoms with E-state index in [9.17, 15) is 22.8 Å². The number of fused-ring (bicyclic) bond motifs is 1. The molecule has 12 heteroatoms. The van der Waals surface area contributed by atoms with Gasteiger partial charge in [-0.3, -0.25) is 14.3 Å². The predicted molar refractivity (Wildman–Crippen MR) is 121 cm³/mol. The molecule has 3 aromatic heterocycles. The lowest BCUT2D eigenvalue weighted by atomic mass is 10.0. The maximum atomic E-state index is 13.8. The van der Waals surface area contributed by atoms with Gasteiger partial charge in [-0.2, -0.15) is 18.3 Å². The van der Waals surface area contributed by atoms with Crippen LogP contribution in [0.25, 0.3) is 5.69 Å². The molecule has 4 heterocycles. The molecule has 2 atom stereocenters. The van der Waals surface area contributed by atoms with Crippen LogP contribution in [-0.2, 0) is 7.05 Å². The second kappa shape index (κ2) is 8.22. The van der Waals surface area contributed by atoms with Crippen LogP contribution in [-0.4, -0.2) is 31.2 Å². The monoisotopic (exact) mass is 486 g/mol. The van der Waals surface area contributed by atoms with E-state index in [2.05, 4.69) is 15.7 Å². The molecule has 0 unspecified atom stereocenters. The molecule has 0 aliphatic carbocycles. The van der Waals surface area contributed by atoms with Gasteiger partial charge in [-0.15, -0.1) is 0 Å². The Morgan fingerprint density at radius 1 is 1.20 bits per heavy atom. The highest BCUT2D eigenvalue weighted by Crippen LogP contribution is 2.43. The van der Waals surface area contributed by atoms with Crippen LogP contribution >= 0.6 is 0 Å². The topological polar surface area (TPSA) is 99.0 Å². The molecule has 182 valence electrons. The molecule has 1 aliphatic rings. The number of para-hydroxylation sites is 1. The summed E-state index contributed by atoms with van der Waals surface area (Å²) in [7, 11) is 1.67. The number of hydrogen-bond donors (Lipinski definition) is 2. The molecule has 1 aliphatic heterocycles. The van der Waals surface area contributed by atoms with Gasteiger partial charge in [0.15, 0.2) is 11.7 Å². The van der Waals surface area contributed by atoms with Crippen LogP contribution < -0.4 is 16.2 Å². The third kappa shape index (κ3) is 3.90. The standard InChI is InChI=1S/C23H21F3N6O3/c1-13-20(22(34)32(30(13)2)14-7-4-3-5-8-14)28-21(33)16-12-19-27-15(17-9-6-10-35-17)11-18(23(24,25)26)31(19)29-16/h3-10,12,15,18,27H,11H2,1-2H3,(H,28,33)/t15-,18-/m1/s1. The van der Waals surface area contributed by atoms with Gasteiger partial charge in [0, 0.05) is 19.5 Å². The third-order valence-electron chi connectivity index (χ3n) is 6.10. The van der Waals surface area contributed by atoms with E-state index in [0.717, 1.165) is 4.68 Å². The van der Waals surface area contributed by atoms with E-state index in [4.69, 9.17) is 4.42 Å². The fourth-order valence-electron chi connectivity index (χ4n) is 4.25. The summed E-state index contributed by atoms with van der Waals surface area (Å²) < 4.78 is 50.5. The Hall–Kier alpha value is -4.22. The predicted octanol–water partition coefficient (Wildman–Crippen LogP) is 4.19. The van der Waals surface area contributed by atoms with Gasteiger partial charge >= 0.3 is 6.18 Å². The van der Waals surface area contributed by atoms with Gasteiger partial charge < -0.3 is 15.1 Å². The fourth-order valence-corrected chi connectivity index (χ4v) is 4.25. The zero-order chi connectivity index (χ0) is 24.9. The molecule has 9 nitrogen and oxygen atoms in total. The first-order valence-corrected chi connectivity index (χ1v) is 10.8. The third-order valence-corrected chi connectivity index (χ3v) is 6.10. The number of carbonyl (C=O) groups excluding carboxylic acids is 1. The molecule has 0 saturated carbocycles. The fraction of sp³-hybridized carbons (Fsp3) is 0.261. The number of nitrogens with one attached hydrogen (secondary N) is 2.